The van der Waals surface area contributed by atoms with Crippen LogP contribution in [0.2, 0.25) is 5.15 Å². The van der Waals surface area contributed by atoms with E-state index in [2.05, 4.69) is 15.8 Å². The van der Waals surface area contributed by atoms with Crippen molar-refractivity contribution >= 4 is 34.8 Å². The van der Waals surface area contributed by atoms with Crippen molar-refractivity contribution < 1.29 is 9.59 Å². The maximum Gasteiger partial charge on any atom is 0.298 e. The molecule has 1 heterocycles. The highest BCUT2D eigenvalue weighted by atomic mass is 35.5. The van der Waals surface area contributed by atoms with Gasteiger partial charge in [0.05, 0.1) is 0 Å². The fourth-order valence-electron chi connectivity index (χ4n) is 0.557. The van der Waals surface area contributed by atoms with Gasteiger partial charge in [0.25, 0.3) is 5.91 Å². The van der Waals surface area contributed by atoms with Gasteiger partial charge in [-0.3, -0.25) is 20.4 Å². The van der Waals surface area contributed by atoms with Gasteiger partial charge in [0.2, 0.25) is 5.91 Å². The molecule has 2 N–H and O–H groups in total. The Balaban J connectivity index is 2.54. The number of thiazole rings is 1. The number of hydrogen-bond acceptors (Lipinski definition) is 4. The van der Waals surface area contributed by atoms with Gasteiger partial charge in [-0.2, -0.15) is 0 Å². The van der Waals surface area contributed by atoms with Gasteiger partial charge >= 0.3 is 0 Å². The number of rotatable bonds is 1. The van der Waals surface area contributed by atoms with Crippen LogP contribution in [-0.2, 0) is 4.79 Å². The Morgan fingerprint density at radius 3 is 2.69 bits per heavy atom. The number of carbonyl (C=O) groups excluding carboxylic acids is 2. The zero-order chi connectivity index (χ0) is 9.84. The number of aromatic nitrogens is 1. The molecular formula is C6H6ClN3O2S. The Morgan fingerprint density at radius 1 is 1.54 bits per heavy atom. The summed E-state index contributed by atoms with van der Waals surface area (Å²) in [4.78, 5) is 25.3. The first-order chi connectivity index (χ1) is 6.09. The second kappa shape index (κ2) is 4.20. The summed E-state index contributed by atoms with van der Waals surface area (Å²) < 4.78 is 0. The number of nitrogens with one attached hydrogen (secondary N) is 2. The lowest BCUT2D eigenvalue weighted by atomic mass is 10.6. The van der Waals surface area contributed by atoms with Crippen molar-refractivity contribution in [3.05, 3.63) is 15.5 Å². The quantitative estimate of drug-likeness (QED) is 0.679. The molecule has 0 saturated carbocycles. The van der Waals surface area contributed by atoms with E-state index in [1.165, 1.54) is 12.3 Å². The third kappa shape index (κ3) is 3.00. The number of hydrogen-bond donors (Lipinski definition) is 2. The topological polar surface area (TPSA) is 71.1 Å². The van der Waals surface area contributed by atoms with E-state index < -0.39 is 5.91 Å². The molecule has 7 heteroatoms. The van der Waals surface area contributed by atoms with Gasteiger partial charge in [-0.15, -0.1) is 11.3 Å². The van der Waals surface area contributed by atoms with Crippen LogP contribution in [0.25, 0.3) is 0 Å². The minimum Gasteiger partial charge on any atom is -0.274 e. The molecule has 0 saturated heterocycles. The summed E-state index contributed by atoms with van der Waals surface area (Å²) >= 11 is 6.60. The lowest BCUT2D eigenvalue weighted by Gasteiger charge is -2.00. The third-order valence-corrected chi connectivity index (χ3v) is 2.19. The normalized spacial score (nSPS) is 9.38. The molecule has 1 aromatic rings. The van der Waals surface area contributed by atoms with E-state index in [-0.39, 0.29) is 16.1 Å². The summed E-state index contributed by atoms with van der Waals surface area (Å²) in [5.74, 6) is -0.830. The van der Waals surface area contributed by atoms with Crippen LogP contribution in [0.15, 0.2) is 5.38 Å². The van der Waals surface area contributed by atoms with Crippen molar-refractivity contribution in [3.63, 3.8) is 0 Å². The van der Waals surface area contributed by atoms with Crippen molar-refractivity contribution in [2.45, 2.75) is 6.92 Å². The molecule has 1 rings (SSSR count). The second-order valence-electron chi connectivity index (χ2n) is 2.11. The molecule has 0 aliphatic carbocycles. The summed E-state index contributed by atoms with van der Waals surface area (Å²) in [5.41, 5.74) is 4.30. The van der Waals surface area contributed by atoms with Crippen molar-refractivity contribution in [2.24, 2.45) is 0 Å². The molecule has 0 fully saturated rings. The largest absolute Gasteiger partial charge is 0.298 e. The Bertz CT molecular complexity index is 338. The predicted molar refractivity (Wildman–Crippen MR) is 48.4 cm³/mol. The number of amides is 2. The Hall–Kier alpha value is -1.14. The molecule has 5 nitrogen and oxygen atoms in total. The molecule has 2 amide bonds. The van der Waals surface area contributed by atoms with E-state index in [1.54, 1.807) is 0 Å². The molecule has 0 radical (unpaired) electrons. The van der Waals surface area contributed by atoms with Crippen LogP contribution in [0.3, 0.4) is 0 Å². The summed E-state index contributed by atoms with van der Waals surface area (Å²) in [6.07, 6.45) is 0. The van der Waals surface area contributed by atoms with Gasteiger partial charge < -0.3 is 0 Å². The fourth-order valence-corrected chi connectivity index (χ4v) is 1.40. The minimum atomic E-state index is -0.480. The highest BCUT2D eigenvalue weighted by molar-refractivity contribution is 7.12. The maximum atomic E-state index is 11.1. The van der Waals surface area contributed by atoms with Crippen molar-refractivity contribution in [3.8, 4) is 0 Å². The maximum absolute atomic E-state index is 11.1. The van der Waals surface area contributed by atoms with Crippen molar-refractivity contribution in [1.29, 1.82) is 0 Å². The third-order valence-electron chi connectivity index (χ3n) is 1.02. The lowest BCUT2D eigenvalue weighted by molar-refractivity contribution is -0.119. The average Bonchev–Trinajstić information content (AvgIpc) is 2.47. The van der Waals surface area contributed by atoms with Crippen LogP contribution in [0.4, 0.5) is 0 Å². The van der Waals surface area contributed by atoms with Gasteiger partial charge in [0.15, 0.2) is 5.01 Å². The van der Waals surface area contributed by atoms with E-state index in [9.17, 15) is 9.59 Å². The predicted octanol–water partition coefficient (Wildman–Crippen LogP) is 0.577. The molecule has 0 atom stereocenters. The van der Waals surface area contributed by atoms with E-state index in [0.29, 0.717) is 0 Å². The lowest BCUT2D eigenvalue weighted by Crippen LogP contribution is -2.40. The summed E-state index contributed by atoms with van der Waals surface area (Å²) in [6, 6.07) is 0. The monoisotopic (exact) mass is 219 g/mol. The molecule has 0 unspecified atom stereocenters. The zero-order valence-electron chi connectivity index (χ0n) is 6.63. The molecular weight excluding hydrogens is 214 g/mol. The molecule has 0 aliphatic heterocycles. The molecule has 13 heavy (non-hydrogen) atoms. The zero-order valence-corrected chi connectivity index (χ0v) is 8.20. The van der Waals surface area contributed by atoms with Crippen molar-refractivity contribution in [2.75, 3.05) is 0 Å². The van der Waals surface area contributed by atoms with Crippen LogP contribution in [0.5, 0.6) is 0 Å². The molecule has 0 bridgehead atoms. The van der Waals surface area contributed by atoms with Crippen LogP contribution < -0.4 is 10.9 Å². The smallest absolute Gasteiger partial charge is 0.274 e. The number of nitrogens with zero attached hydrogens (tertiary/aromatic N) is 1. The highest BCUT2D eigenvalue weighted by Crippen LogP contribution is 2.13. The number of carbonyl (C=O) groups is 2. The molecule has 0 aliphatic rings. The Morgan fingerprint density at radius 2 is 2.23 bits per heavy atom. The minimum absolute atomic E-state index is 0.207. The molecule has 0 spiro atoms. The van der Waals surface area contributed by atoms with Crippen LogP contribution in [-0.4, -0.2) is 16.8 Å². The van der Waals surface area contributed by atoms with E-state index in [4.69, 9.17) is 11.6 Å². The first-order valence-corrected chi connectivity index (χ1v) is 4.53. The van der Waals surface area contributed by atoms with Gasteiger partial charge in [-0.1, -0.05) is 11.6 Å². The summed E-state index contributed by atoms with van der Waals surface area (Å²) in [5, 5.41) is 2.00. The summed E-state index contributed by atoms with van der Waals surface area (Å²) in [6.45, 7) is 1.29. The Labute approximate surface area is 83.1 Å². The van der Waals surface area contributed by atoms with Gasteiger partial charge in [-0.05, 0) is 0 Å². The molecule has 1 aromatic heterocycles. The fraction of sp³-hybridized carbons (Fsp3) is 0.167. The standard InChI is InChI=1S/C6H6ClN3O2S/c1-3(11)9-10-5(12)6-8-4(7)2-13-6/h2H,1H3,(H,9,11)(H,10,12). The Kier molecular flexibility index (Phi) is 3.21. The van der Waals surface area contributed by atoms with E-state index >= 15 is 0 Å². The molecule has 0 aromatic carbocycles. The average molecular weight is 220 g/mol. The first-order valence-electron chi connectivity index (χ1n) is 3.27. The number of hydrazine groups is 1. The first kappa shape index (κ1) is 9.94. The van der Waals surface area contributed by atoms with Crippen LogP contribution in [0, 0.1) is 0 Å². The number of halogens is 1. The van der Waals surface area contributed by atoms with Crippen molar-refractivity contribution in [1.82, 2.24) is 15.8 Å². The molecule has 70 valence electrons. The van der Waals surface area contributed by atoms with E-state index in [1.807, 2.05) is 0 Å². The van der Waals surface area contributed by atoms with Crippen LogP contribution >= 0.6 is 22.9 Å². The highest BCUT2D eigenvalue weighted by Gasteiger charge is 2.09. The summed E-state index contributed by atoms with van der Waals surface area (Å²) in [7, 11) is 0. The second-order valence-corrected chi connectivity index (χ2v) is 3.36. The van der Waals surface area contributed by atoms with Crippen LogP contribution in [0.1, 0.15) is 16.7 Å². The van der Waals surface area contributed by atoms with Gasteiger partial charge in [-0.25, -0.2) is 4.98 Å². The SMILES string of the molecule is CC(=O)NNC(=O)c1nc(Cl)cs1. The van der Waals surface area contributed by atoms with Gasteiger partial charge in [0.1, 0.15) is 5.15 Å². The van der Waals surface area contributed by atoms with E-state index in [0.717, 1.165) is 11.3 Å². The van der Waals surface area contributed by atoms with Gasteiger partial charge in [0, 0.05) is 12.3 Å².